The lowest BCUT2D eigenvalue weighted by Gasteiger charge is -2.17. The summed E-state index contributed by atoms with van der Waals surface area (Å²) in [4.78, 5) is 39.1. The summed E-state index contributed by atoms with van der Waals surface area (Å²) in [5.74, 6) is -1.36. The van der Waals surface area contributed by atoms with Gasteiger partial charge in [0.15, 0.2) is 5.69 Å². The fourth-order valence-electron chi connectivity index (χ4n) is 4.16. The van der Waals surface area contributed by atoms with Crippen molar-refractivity contribution in [2.75, 3.05) is 13.2 Å². The van der Waals surface area contributed by atoms with Crippen molar-refractivity contribution < 1.29 is 24.2 Å². The summed E-state index contributed by atoms with van der Waals surface area (Å²) in [5.41, 5.74) is 4.54. The number of alkyl carbamates (subject to hydrolysis) is 1. The van der Waals surface area contributed by atoms with Gasteiger partial charge < -0.3 is 25.0 Å². The number of nitrogens with zero attached hydrogens (tertiary/aromatic N) is 2. The van der Waals surface area contributed by atoms with Crippen LogP contribution in [0.15, 0.2) is 61.1 Å². The molecule has 0 aliphatic heterocycles. The standard InChI is InChI=1S/C25H26N4O5/c1-16(12-23(30)26-10-11-29-13-22(24(31)32)27-15-29)28-25(33)34-14-21-19-8-4-2-6-17(19)18-7-3-5-9-20(18)21/h2-9,13,15-16,21H,10-12,14H2,1H3,(H,26,30)(H,28,33)(H,31,32)/t16-/m1/s1. The third kappa shape index (κ3) is 5.25. The Kier molecular flexibility index (Phi) is 6.91. The second-order valence-electron chi connectivity index (χ2n) is 8.23. The van der Waals surface area contributed by atoms with Gasteiger partial charge in [0, 0.05) is 37.7 Å². The van der Waals surface area contributed by atoms with E-state index in [9.17, 15) is 14.4 Å². The molecule has 1 aliphatic carbocycles. The zero-order valence-electron chi connectivity index (χ0n) is 18.7. The van der Waals surface area contributed by atoms with Gasteiger partial charge in [0.05, 0.1) is 6.33 Å². The predicted molar refractivity (Wildman–Crippen MR) is 124 cm³/mol. The summed E-state index contributed by atoms with van der Waals surface area (Å²) in [6.45, 7) is 2.64. The first kappa shape index (κ1) is 23.0. The summed E-state index contributed by atoms with van der Waals surface area (Å²) in [6.07, 6.45) is 2.32. The molecule has 9 heteroatoms. The van der Waals surface area contributed by atoms with Crippen molar-refractivity contribution in [3.8, 4) is 11.1 Å². The Balaban J connectivity index is 1.21. The molecule has 1 aliphatic rings. The number of hydrogen-bond donors (Lipinski definition) is 3. The lowest BCUT2D eigenvalue weighted by Crippen LogP contribution is -2.38. The molecule has 2 aromatic carbocycles. The molecule has 3 aromatic rings. The SMILES string of the molecule is C[C@H](CC(=O)NCCn1cnc(C(=O)O)c1)NC(=O)OCC1c2ccccc2-c2ccccc21. The van der Waals surface area contributed by atoms with Gasteiger partial charge in [0.1, 0.15) is 6.61 Å². The van der Waals surface area contributed by atoms with E-state index < -0.39 is 18.1 Å². The van der Waals surface area contributed by atoms with Gasteiger partial charge in [0.2, 0.25) is 5.91 Å². The normalized spacial score (nSPS) is 13.0. The number of benzene rings is 2. The Morgan fingerprint density at radius 2 is 1.74 bits per heavy atom. The van der Waals surface area contributed by atoms with Crippen molar-refractivity contribution >= 4 is 18.0 Å². The molecule has 176 valence electrons. The maximum atomic E-state index is 12.3. The van der Waals surface area contributed by atoms with Gasteiger partial charge in [-0.1, -0.05) is 48.5 Å². The molecule has 4 rings (SSSR count). The van der Waals surface area contributed by atoms with Crippen LogP contribution in [0.25, 0.3) is 11.1 Å². The molecule has 1 atom stereocenters. The molecule has 1 aromatic heterocycles. The lowest BCUT2D eigenvalue weighted by molar-refractivity contribution is -0.121. The molecule has 34 heavy (non-hydrogen) atoms. The second kappa shape index (κ2) is 10.2. The Morgan fingerprint density at radius 3 is 2.35 bits per heavy atom. The molecule has 3 N–H and O–H groups in total. The van der Waals surface area contributed by atoms with E-state index in [2.05, 4.69) is 39.9 Å². The smallest absolute Gasteiger partial charge is 0.407 e. The van der Waals surface area contributed by atoms with Crippen LogP contribution in [-0.2, 0) is 16.1 Å². The van der Waals surface area contributed by atoms with E-state index in [1.165, 1.54) is 12.5 Å². The van der Waals surface area contributed by atoms with Crippen LogP contribution in [0.4, 0.5) is 4.79 Å². The summed E-state index contributed by atoms with van der Waals surface area (Å²) < 4.78 is 7.10. The van der Waals surface area contributed by atoms with Crippen LogP contribution < -0.4 is 10.6 Å². The average Bonchev–Trinajstić information content (AvgIpc) is 3.41. The van der Waals surface area contributed by atoms with E-state index in [1.54, 1.807) is 11.5 Å². The van der Waals surface area contributed by atoms with E-state index in [1.807, 2.05) is 24.3 Å². The van der Waals surface area contributed by atoms with Crippen LogP contribution in [0.5, 0.6) is 0 Å². The number of aromatic nitrogens is 2. The summed E-state index contributed by atoms with van der Waals surface area (Å²) in [5, 5.41) is 14.3. The largest absolute Gasteiger partial charge is 0.476 e. The minimum Gasteiger partial charge on any atom is -0.476 e. The van der Waals surface area contributed by atoms with Crippen molar-refractivity contribution in [2.24, 2.45) is 0 Å². The third-order valence-electron chi connectivity index (χ3n) is 5.74. The topological polar surface area (TPSA) is 123 Å². The molecule has 0 spiro atoms. The second-order valence-corrected chi connectivity index (χ2v) is 8.23. The van der Waals surface area contributed by atoms with E-state index >= 15 is 0 Å². The van der Waals surface area contributed by atoms with E-state index in [4.69, 9.17) is 9.84 Å². The zero-order valence-corrected chi connectivity index (χ0v) is 18.7. The van der Waals surface area contributed by atoms with Gasteiger partial charge in [-0.15, -0.1) is 0 Å². The van der Waals surface area contributed by atoms with Crippen LogP contribution in [-0.4, -0.2) is 51.8 Å². The van der Waals surface area contributed by atoms with Crippen LogP contribution in [0.2, 0.25) is 0 Å². The first-order chi connectivity index (χ1) is 16.4. The highest BCUT2D eigenvalue weighted by molar-refractivity contribution is 5.85. The number of carboxylic acids is 1. The molecule has 2 amide bonds. The van der Waals surface area contributed by atoms with Gasteiger partial charge in [0.25, 0.3) is 0 Å². The van der Waals surface area contributed by atoms with Gasteiger partial charge in [-0.25, -0.2) is 14.6 Å². The number of imidazole rings is 1. The number of hydrogen-bond acceptors (Lipinski definition) is 5. The van der Waals surface area contributed by atoms with Crippen molar-refractivity contribution in [1.82, 2.24) is 20.2 Å². The molecule has 0 bridgehead atoms. The highest BCUT2D eigenvalue weighted by atomic mass is 16.5. The molecule has 9 nitrogen and oxygen atoms in total. The zero-order chi connectivity index (χ0) is 24.1. The van der Waals surface area contributed by atoms with Crippen LogP contribution in [0, 0.1) is 0 Å². The highest BCUT2D eigenvalue weighted by Crippen LogP contribution is 2.44. The molecule has 0 radical (unpaired) electrons. The van der Waals surface area contributed by atoms with Crippen LogP contribution in [0.3, 0.4) is 0 Å². The number of fused-ring (bicyclic) bond motifs is 3. The van der Waals surface area contributed by atoms with Crippen molar-refractivity contribution in [2.45, 2.75) is 31.8 Å². The van der Waals surface area contributed by atoms with Crippen LogP contribution in [0.1, 0.15) is 40.9 Å². The number of carbonyl (C=O) groups excluding carboxylic acids is 2. The summed E-state index contributed by atoms with van der Waals surface area (Å²) in [6, 6.07) is 15.8. The molecule has 0 fully saturated rings. The van der Waals surface area contributed by atoms with Crippen LogP contribution >= 0.6 is 0 Å². The Bertz CT molecular complexity index is 1160. The quantitative estimate of drug-likeness (QED) is 0.449. The van der Waals surface area contributed by atoms with Gasteiger partial charge in [-0.2, -0.15) is 0 Å². The number of amides is 2. The molecular weight excluding hydrogens is 436 g/mol. The van der Waals surface area contributed by atoms with Crippen molar-refractivity contribution in [3.05, 3.63) is 77.9 Å². The maximum Gasteiger partial charge on any atom is 0.407 e. The van der Waals surface area contributed by atoms with Crippen molar-refractivity contribution in [3.63, 3.8) is 0 Å². The maximum absolute atomic E-state index is 12.3. The Labute approximate surface area is 196 Å². The fourth-order valence-corrected chi connectivity index (χ4v) is 4.16. The van der Waals surface area contributed by atoms with E-state index in [0.29, 0.717) is 13.1 Å². The number of carbonyl (C=O) groups is 3. The highest BCUT2D eigenvalue weighted by Gasteiger charge is 2.29. The van der Waals surface area contributed by atoms with Gasteiger partial charge in [-0.3, -0.25) is 4.79 Å². The Morgan fingerprint density at radius 1 is 1.09 bits per heavy atom. The van der Waals surface area contributed by atoms with Gasteiger partial charge in [-0.05, 0) is 29.2 Å². The average molecular weight is 463 g/mol. The lowest BCUT2D eigenvalue weighted by atomic mass is 9.98. The summed E-state index contributed by atoms with van der Waals surface area (Å²) in [7, 11) is 0. The summed E-state index contributed by atoms with van der Waals surface area (Å²) >= 11 is 0. The number of aromatic carboxylic acids is 1. The molecular formula is C25H26N4O5. The third-order valence-corrected chi connectivity index (χ3v) is 5.74. The number of carboxylic acid groups (broad SMARTS) is 1. The Hall–Kier alpha value is -4.14. The predicted octanol–water partition coefficient (Wildman–Crippen LogP) is 3.01. The minimum absolute atomic E-state index is 0.0263. The van der Waals surface area contributed by atoms with Gasteiger partial charge >= 0.3 is 12.1 Å². The first-order valence-corrected chi connectivity index (χ1v) is 11.1. The number of rotatable bonds is 9. The molecule has 1 heterocycles. The monoisotopic (exact) mass is 462 g/mol. The first-order valence-electron chi connectivity index (χ1n) is 11.1. The molecule has 0 unspecified atom stereocenters. The minimum atomic E-state index is -1.10. The van der Waals surface area contributed by atoms with E-state index in [-0.39, 0.29) is 30.5 Å². The number of nitrogens with one attached hydrogen (secondary N) is 2. The van der Waals surface area contributed by atoms with Crippen molar-refractivity contribution in [1.29, 1.82) is 0 Å². The fraction of sp³-hybridized carbons (Fsp3) is 0.280. The van der Waals surface area contributed by atoms with E-state index in [0.717, 1.165) is 22.3 Å². The number of ether oxygens (including phenoxy) is 1. The molecule has 0 saturated heterocycles. The molecule has 0 saturated carbocycles.